The molecule has 122 valence electrons. The summed E-state index contributed by atoms with van der Waals surface area (Å²) < 4.78 is 15.9. The fraction of sp³-hybridized carbons (Fsp3) is 0.176. The van der Waals surface area contributed by atoms with Gasteiger partial charge in [-0.25, -0.2) is 4.79 Å². The quantitative estimate of drug-likeness (QED) is 0.768. The molecule has 1 aromatic heterocycles. The highest BCUT2D eigenvalue weighted by molar-refractivity contribution is 5.94. The number of H-pyrrole nitrogens is 1. The molecule has 2 N–H and O–H groups in total. The molecule has 2 heterocycles. The van der Waals surface area contributed by atoms with E-state index in [1.165, 1.54) is 0 Å². The molecule has 2 aromatic carbocycles. The summed E-state index contributed by atoms with van der Waals surface area (Å²) in [5, 5.41) is 2.80. The summed E-state index contributed by atoms with van der Waals surface area (Å²) in [7, 11) is 0. The van der Waals surface area contributed by atoms with Crippen LogP contribution in [-0.2, 0) is 11.2 Å². The van der Waals surface area contributed by atoms with Crippen LogP contribution in [0, 0.1) is 0 Å². The second-order valence-corrected chi connectivity index (χ2v) is 5.43. The van der Waals surface area contributed by atoms with Gasteiger partial charge in [0.1, 0.15) is 13.2 Å². The van der Waals surface area contributed by atoms with E-state index >= 15 is 0 Å². The smallest absolute Gasteiger partial charge is 0.417 e. The fourth-order valence-electron chi connectivity index (χ4n) is 2.62. The van der Waals surface area contributed by atoms with Gasteiger partial charge in [-0.1, -0.05) is 6.07 Å². The van der Waals surface area contributed by atoms with Crippen molar-refractivity contribution in [1.82, 2.24) is 4.98 Å². The van der Waals surface area contributed by atoms with E-state index in [2.05, 4.69) is 10.3 Å². The number of oxazole rings is 1. The maximum Gasteiger partial charge on any atom is 0.417 e. The van der Waals surface area contributed by atoms with Crippen molar-refractivity contribution in [2.45, 2.75) is 6.42 Å². The number of anilines is 1. The van der Waals surface area contributed by atoms with Crippen molar-refractivity contribution < 1.29 is 18.7 Å². The molecule has 0 atom stereocenters. The van der Waals surface area contributed by atoms with Crippen LogP contribution in [0.1, 0.15) is 5.56 Å². The van der Waals surface area contributed by atoms with Crippen LogP contribution >= 0.6 is 0 Å². The number of aromatic amines is 1. The minimum atomic E-state index is -0.523. The van der Waals surface area contributed by atoms with Crippen molar-refractivity contribution in [3.8, 4) is 11.5 Å². The second-order valence-electron chi connectivity index (χ2n) is 5.43. The number of fused-ring (bicyclic) bond motifs is 2. The molecule has 0 fully saturated rings. The number of hydrogen-bond acceptors (Lipinski definition) is 5. The first-order valence-corrected chi connectivity index (χ1v) is 7.49. The Morgan fingerprint density at radius 1 is 1.08 bits per heavy atom. The normalized spacial score (nSPS) is 13.0. The molecule has 7 nitrogen and oxygen atoms in total. The van der Waals surface area contributed by atoms with Crippen LogP contribution in [0.3, 0.4) is 0 Å². The van der Waals surface area contributed by atoms with Gasteiger partial charge in [0.05, 0.1) is 11.9 Å². The Kier molecular flexibility index (Phi) is 3.45. The van der Waals surface area contributed by atoms with Gasteiger partial charge in [0.2, 0.25) is 5.91 Å². The van der Waals surface area contributed by atoms with E-state index in [4.69, 9.17) is 13.9 Å². The van der Waals surface area contributed by atoms with Crippen molar-refractivity contribution in [3.05, 3.63) is 52.5 Å². The lowest BCUT2D eigenvalue weighted by Crippen LogP contribution is -2.17. The Morgan fingerprint density at radius 3 is 2.79 bits per heavy atom. The molecule has 1 aliphatic heterocycles. The van der Waals surface area contributed by atoms with Gasteiger partial charge >= 0.3 is 5.76 Å². The van der Waals surface area contributed by atoms with Crippen LogP contribution in [0.25, 0.3) is 11.1 Å². The van der Waals surface area contributed by atoms with Crippen LogP contribution in [0.4, 0.5) is 5.69 Å². The third kappa shape index (κ3) is 2.83. The van der Waals surface area contributed by atoms with E-state index in [9.17, 15) is 9.59 Å². The molecule has 0 bridgehead atoms. The molecule has 0 aliphatic carbocycles. The van der Waals surface area contributed by atoms with Crippen LogP contribution in [0.5, 0.6) is 11.5 Å². The topological polar surface area (TPSA) is 93.6 Å². The van der Waals surface area contributed by atoms with Crippen molar-refractivity contribution in [2.75, 3.05) is 18.5 Å². The average Bonchev–Trinajstić information content (AvgIpc) is 2.94. The van der Waals surface area contributed by atoms with Gasteiger partial charge in [0, 0.05) is 5.69 Å². The lowest BCUT2D eigenvalue weighted by atomic mass is 10.1. The van der Waals surface area contributed by atoms with E-state index in [0.29, 0.717) is 41.5 Å². The highest BCUT2D eigenvalue weighted by atomic mass is 16.6. The summed E-state index contributed by atoms with van der Waals surface area (Å²) in [5.41, 5.74) is 2.40. The van der Waals surface area contributed by atoms with Gasteiger partial charge in [-0.2, -0.15) is 0 Å². The number of rotatable bonds is 3. The number of ether oxygens (including phenoxy) is 2. The first-order chi connectivity index (χ1) is 11.7. The number of aromatic nitrogens is 1. The number of amides is 1. The second kappa shape index (κ2) is 5.77. The lowest BCUT2D eigenvalue weighted by molar-refractivity contribution is -0.115. The van der Waals surface area contributed by atoms with Crippen LogP contribution < -0.4 is 20.5 Å². The number of nitrogens with one attached hydrogen (secondary N) is 2. The highest BCUT2D eigenvalue weighted by Crippen LogP contribution is 2.30. The summed E-state index contributed by atoms with van der Waals surface area (Å²) >= 11 is 0. The summed E-state index contributed by atoms with van der Waals surface area (Å²) in [6, 6.07) is 10.4. The first-order valence-electron chi connectivity index (χ1n) is 7.49. The first kappa shape index (κ1) is 14.4. The monoisotopic (exact) mass is 326 g/mol. The van der Waals surface area contributed by atoms with E-state index in [1.54, 1.807) is 24.3 Å². The van der Waals surface area contributed by atoms with E-state index in [1.807, 2.05) is 12.1 Å². The molecule has 7 heteroatoms. The Bertz CT molecular complexity index is 973. The number of carbonyl (C=O) groups excluding carboxylic acids is 1. The molecule has 1 amide bonds. The van der Waals surface area contributed by atoms with E-state index in [0.717, 1.165) is 5.56 Å². The molecule has 24 heavy (non-hydrogen) atoms. The van der Waals surface area contributed by atoms with Gasteiger partial charge in [-0.15, -0.1) is 0 Å². The molecule has 1 aliphatic rings. The summed E-state index contributed by atoms with van der Waals surface area (Å²) in [6.45, 7) is 1.04. The van der Waals surface area contributed by atoms with Crippen LogP contribution in [0.2, 0.25) is 0 Å². The number of hydrogen-bond donors (Lipinski definition) is 2. The number of benzene rings is 2. The lowest BCUT2D eigenvalue weighted by Gasteiger charge is -2.18. The largest absolute Gasteiger partial charge is 0.486 e. The Balaban J connectivity index is 1.48. The molecule has 3 aromatic rings. The van der Waals surface area contributed by atoms with E-state index in [-0.39, 0.29) is 12.3 Å². The van der Waals surface area contributed by atoms with Gasteiger partial charge < -0.3 is 19.2 Å². The Labute approximate surface area is 136 Å². The van der Waals surface area contributed by atoms with Gasteiger partial charge in [0.25, 0.3) is 0 Å². The van der Waals surface area contributed by atoms with Crippen LogP contribution in [-0.4, -0.2) is 24.1 Å². The van der Waals surface area contributed by atoms with Crippen molar-refractivity contribution in [1.29, 1.82) is 0 Å². The molecule has 0 unspecified atom stereocenters. The fourth-order valence-corrected chi connectivity index (χ4v) is 2.62. The average molecular weight is 326 g/mol. The Morgan fingerprint density at radius 2 is 1.92 bits per heavy atom. The van der Waals surface area contributed by atoms with Crippen molar-refractivity contribution >= 4 is 22.7 Å². The number of carbonyl (C=O) groups is 1. The predicted octanol–water partition coefficient (Wildman–Crippen LogP) is 2.07. The summed E-state index contributed by atoms with van der Waals surface area (Å²) in [4.78, 5) is 25.9. The zero-order valence-corrected chi connectivity index (χ0v) is 12.6. The van der Waals surface area contributed by atoms with Gasteiger partial charge in [-0.3, -0.25) is 9.78 Å². The summed E-state index contributed by atoms with van der Waals surface area (Å²) in [6.07, 6.45) is 0.205. The van der Waals surface area contributed by atoms with Crippen molar-refractivity contribution in [3.63, 3.8) is 0 Å². The Hall–Kier alpha value is -3.22. The molecule has 0 saturated carbocycles. The third-order valence-corrected chi connectivity index (χ3v) is 3.67. The summed E-state index contributed by atoms with van der Waals surface area (Å²) in [5.74, 6) is 0.658. The molecule has 4 rings (SSSR count). The maximum absolute atomic E-state index is 12.2. The molecule has 0 radical (unpaired) electrons. The predicted molar refractivity (Wildman–Crippen MR) is 86.6 cm³/mol. The van der Waals surface area contributed by atoms with Crippen LogP contribution in [0.15, 0.2) is 45.6 Å². The zero-order chi connectivity index (χ0) is 16.5. The molecule has 0 saturated heterocycles. The maximum atomic E-state index is 12.2. The van der Waals surface area contributed by atoms with Gasteiger partial charge in [0.15, 0.2) is 17.1 Å². The minimum absolute atomic E-state index is 0.170. The SMILES string of the molecule is O=C(Cc1ccc2c(c1)OCCO2)Nc1ccc2oc(=O)[nH]c2c1. The minimum Gasteiger partial charge on any atom is -0.486 e. The highest BCUT2D eigenvalue weighted by Gasteiger charge is 2.13. The molecule has 0 spiro atoms. The van der Waals surface area contributed by atoms with E-state index < -0.39 is 5.76 Å². The molecular formula is C17H14N2O5. The van der Waals surface area contributed by atoms with Gasteiger partial charge in [-0.05, 0) is 35.9 Å². The third-order valence-electron chi connectivity index (χ3n) is 3.67. The van der Waals surface area contributed by atoms with Crippen molar-refractivity contribution in [2.24, 2.45) is 0 Å². The molecular weight excluding hydrogens is 312 g/mol. The zero-order valence-electron chi connectivity index (χ0n) is 12.6. The standard InChI is InChI=1S/C17H14N2O5/c20-16(8-10-1-3-14-15(7-10)23-6-5-22-14)18-11-2-4-13-12(9-11)19-17(21)24-13/h1-4,7,9H,5-6,8H2,(H,18,20)(H,19,21).